The van der Waals surface area contributed by atoms with E-state index in [1.54, 1.807) is 31.6 Å². The van der Waals surface area contributed by atoms with Gasteiger partial charge < -0.3 is 10.1 Å². The molecule has 27 heavy (non-hydrogen) atoms. The number of methoxy groups -OCH3 is 1. The van der Waals surface area contributed by atoms with Crippen LogP contribution in [0.3, 0.4) is 0 Å². The molecule has 134 valence electrons. The highest BCUT2D eigenvalue weighted by Gasteiger charge is 2.10. The second-order valence-electron chi connectivity index (χ2n) is 6.25. The largest absolute Gasteiger partial charge is 0.496 e. The minimum absolute atomic E-state index is 0.290. The van der Waals surface area contributed by atoms with Crippen LogP contribution in [0.2, 0.25) is 0 Å². The zero-order chi connectivity index (χ0) is 18.8. The lowest BCUT2D eigenvalue weighted by atomic mass is 10.1. The van der Waals surface area contributed by atoms with Crippen LogP contribution in [0.15, 0.2) is 67.0 Å². The van der Waals surface area contributed by atoms with Crippen molar-refractivity contribution in [1.82, 2.24) is 9.97 Å². The van der Waals surface area contributed by atoms with Crippen molar-refractivity contribution in [1.29, 1.82) is 0 Å². The van der Waals surface area contributed by atoms with Crippen molar-refractivity contribution in [3.05, 3.63) is 78.4 Å². The quantitative estimate of drug-likeness (QED) is 0.523. The molecule has 0 aliphatic carbocycles. The first-order chi connectivity index (χ1) is 13.2. The average Bonchev–Trinajstić information content (AvgIpc) is 2.69. The van der Waals surface area contributed by atoms with Gasteiger partial charge >= 0.3 is 0 Å². The van der Waals surface area contributed by atoms with Crippen LogP contribution in [0.25, 0.3) is 22.2 Å². The number of nitrogens with zero attached hydrogens (tertiary/aromatic N) is 2. The van der Waals surface area contributed by atoms with Gasteiger partial charge in [-0.3, -0.25) is 9.97 Å². The van der Waals surface area contributed by atoms with Crippen LogP contribution < -0.4 is 10.1 Å². The molecule has 0 aliphatic rings. The lowest BCUT2D eigenvalue weighted by Gasteiger charge is -2.13. The van der Waals surface area contributed by atoms with Crippen molar-refractivity contribution in [2.24, 2.45) is 0 Å². The Morgan fingerprint density at radius 1 is 0.963 bits per heavy atom. The molecule has 4 aromatic rings. The number of rotatable bonds is 4. The van der Waals surface area contributed by atoms with E-state index in [1.807, 2.05) is 43.3 Å². The summed E-state index contributed by atoms with van der Waals surface area (Å²) in [7, 11) is 1.64. The van der Waals surface area contributed by atoms with Gasteiger partial charge in [0, 0.05) is 23.6 Å². The normalized spacial score (nSPS) is 10.8. The van der Waals surface area contributed by atoms with Gasteiger partial charge in [-0.1, -0.05) is 17.7 Å². The fraction of sp³-hybridized carbons (Fsp3) is 0.0909. The van der Waals surface area contributed by atoms with E-state index in [0.29, 0.717) is 11.3 Å². The van der Waals surface area contributed by atoms with Gasteiger partial charge in [0.25, 0.3) is 0 Å². The van der Waals surface area contributed by atoms with Crippen molar-refractivity contribution in [2.45, 2.75) is 6.92 Å². The molecule has 2 heterocycles. The van der Waals surface area contributed by atoms with E-state index < -0.39 is 0 Å². The van der Waals surface area contributed by atoms with Crippen LogP contribution in [0.4, 0.5) is 15.8 Å². The second kappa shape index (κ2) is 7.03. The second-order valence-corrected chi connectivity index (χ2v) is 6.25. The van der Waals surface area contributed by atoms with Gasteiger partial charge in [-0.05, 0) is 49.4 Å². The van der Waals surface area contributed by atoms with Crippen LogP contribution in [-0.2, 0) is 0 Å². The maximum atomic E-state index is 14.2. The Balaban J connectivity index is 1.77. The van der Waals surface area contributed by atoms with Crippen molar-refractivity contribution < 1.29 is 9.13 Å². The molecule has 0 bridgehead atoms. The van der Waals surface area contributed by atoms with E-state index in [1.165, 1.54) is 6.07 Å². The SMILES string of the molecule is COc1cccc2nccc(Nc3ccnc(-c4cc(C)ccc4F)c3)c12. The van der Waals surface area contributed by atoms with Crippen LogP contribution >= 0.6 is 0 Å². The number of benzene rings is 2. The Hall–Kier alpha value is -3.47. The van der Waals surface area contributed by atoms with Gasteiger partial charge in [-0.25, -0.2) is 4.39 Å². The third-order valence-corrected chi connectivity index (χ3v) is 4.39. The first-order valence-electron chi connectivity index (χ1n) is 8.57. The molecule has 2 aromatic heterocycles. The fourth-order valence-electron chi connectivity index (χ4n) is 3.09. The van der Waals surface area contributed by atoms with E-state index in [-0.39, 0.29) is 5.82 Å². The zero-order valence-corrected chi connectivity index (χ0v) is 15.0. The molecule has 1 N–H and O–H groups in total. The summed E-state index contributed by atoms with van der Waals surface area (Å²) in [5, 5.41) is 4.27. The standard InChI is InChI=1S/C22H18FN3O/c1-14-6-7-17(23)16(12-14)20-13-15(8-10-25-20)26-19-9-11-24-18-4-3-5-21(27-2)22(18)19/h3-13H,1-2H3,(H,24,25,26). The highest BCUT2D eigenvalue weighted by Crippen LogP contribution is 2.33. The third-order valence-electron chi connectivity index (χ3n) is 4.39. The van der Waals surface area contributed by atoms with Crippen molar-refractivity contribution in [3.8, 4) is 17.0 Å². The lowest BCUT2D eigenvalue weighted by Crippen LogP contribution is -1.96. The molecule has 4 nitrogen and oxygen atoms in total. The van der Waals surface area contributed by atoms with E-state index in [2.05, 4.69) is 15.3 Å². The molecule has 0 unspecified atom stereocenters. The Kier molecular flexibility index (Phi) is 4.42. The molecule has 0 saturated carbocycles. The Morgan fingerprint density at radius 2 is 1.81 bits per heavy atom. The minimum atomic E-state index is -0.290. The average molecular weight is 359 g/mol. The highest BCUT2D eigenvalue weighted by molar-refractivity contribution is 5.97. The Morgan fingerprint density at radius 3 is 2.67 bits per heavy atom. The fourth-order valence-corrected chi connectivity index (χ4v) is 3.09. The summed E-state index contributed by atoms with van der Waals surface area (Å²) in [6, 6.07) is 16.3. The van der Waals surface area contributed by atoms with E-state index in [4.69, 9.17) is 4.74 Å². The number of hydrogen-bond acceptors (Lipinski definition) is 4. The molecule has 0 aliphatic heterocycles. The molecule has 0 atom stereocenters. The summed E-state index contributed by atoms with van der Waals surface area (Å²) in [5.74, 6) is 0.448. The van der Waals surface area contributed by atoms with E-state index >= 15 is 0 Å². The predicted molar refractivity (Wildman–Crippen MR) is 106 cm³/mol. The summed E-state index contributed by atoms with van der Waals surface area (Å²) in [5.41, 5.74) is 4.54. The number of fused-ring (bicyclic) bond motifs is 1. The minimum Gasteiger partial charge on any atom is -0.496 e. The van der Waals surface area contributed by atoms with Crippen molar-refractivity contribution >= 4 is 22.3 Å². The number of aryl methyl sites for hydroxylation is 1. The molecule has 4 rings (SSSR count). The summed E-state index contributed by atoms with van der Waals surface area (Å²) in [6.07, 6.45) is 3.41. The first-order valence-corrected chi connectivity index (χ1v) is 8.57. The summed E-state index contributed by atoms with van der Waals surface area (Å²) < 4.78 is 19.7. The number of nitrogens with one attached hydrogen (secondary N) is 1. The predicted octanol–water partition coefficient (Wildman–Crippen LogP) is 5.50. The number of hydrogen-bond donors (Lipinski definition) is 1. The van der Waals surface area contributed by atoms with Crippen LogP contribution in [0, 0.1) is 12.7 Å². The van der Waals surface area contributed by atoms with Crippen LogP contribution in [-0.4, -0.2) is 17.1 Å². The Bertz CT molecular complexity index is 1120. The van der Waals surface area contributed by atoms with Crippen LogP contribution in [0.5, 0.6) is 5.75 Å². The van der Waals surface area contributed by atoms with Gasteiger partial charge in [-0.2, -0.15) is 0 Å². The molecule has 0 spiro atoms. The number of aromatic nitrogens is 2. The monoisotopic (exact) mass is 359 g/mol. The first kappa shape index (κ1) is 17.0. The topological polar surface area (TPSA) is 47.0 Å². The Labute approximate surface area is 156 Å². The van der Waals surface area contributed by atoms with Crippen molar-refractivity contribution in [2.75, 3.05) is 12.4 Å². The smallest absolute Gasteiger partial charge is 0.132 e. The van der Waals surface area contributed by atoms with Crippen molar-refractivity contribution in [3.63, 3.8) is 0 Å². The molecule has 0 fully saturated rings. The molecular formula is C22H18FN3O. The summed E-state index contributed by atoms with van der Waals surface area (Å²) in [4.78, 5) is 8.73. The summed E-state index contributed by atoms with van der Waals surface area (Å²) >= 11 is 0. The van der Waals surface area contributed by atoms with E-state index in [9.17, 15) is 4.39 Å². The highest BCUT2D eigenvalue weighted by atomic mass is 19.1. The zero-order valence-electron chi connectivity index (χ0n) is 15.0. The van der Waals surface area contributed by atoms with Gasteiger partial charge in [-0.15, -0.1) is 0 Å². The molecule has 0 amide bonds. The number of anilines is 2. The molecule has 0 saturated heterocycles. The maximum Gasteiger partial charge on any atom is 0.132 e. The number of halogens is 1. The van der Waals surface area contributed by atoms with Gasteiger partial charge in [0.2, 0.25) is 0 Å². The molecule has 5 heteroatoms. The van der Waals surface area contributed by atoms with E-state index in [0.717, 1.165) is 33.6 Å². The third kappa shape index (κ3) is 3.31. The lowest BCUT2D eigenvalue weighted by molar-refractivity contribution is 0.420. The molecule has 2 aromatic carbocycles. The van der Waals surface area contributed by atoms with Crippen LogP contribution in [0.1, 0.15) is 5.56 Å². The number of pyridine rings is 2. The maximum absolute atomic E-state index is 14.2. The summed E-state index contributed by atoms with van der Waals surface area (Å²) in [6.45, 7) is 1.93. The van der Waals surface area contributed by atoms with Gasteiger partial charge in [0.15, 0.2) is 0 Å². The van der Waals surface area contributed by atoms with Gasteiger partial charge in [0.05, 0.1) is 29.4 Å². The van der Waals surface area contributed by atoms with Gasteiger partial charge in [0.1, 0.15) is 11.6 Å². The molecular weight excluding hydrogens is 341 g/mol. The number of ether oxygens (including phenoxy) is 1. The molecule has 0 radical (unpaired) electrons.